The molecular formula is C20H17N2O4P. The molecule has 0 aliphatic carbocycles. The van der Waals surface area contributed by atoms with Crippen LogP contribution in [0.3, 0.4) is 0 Å². The number of aromatic carboxylic acids is 2. The van der Waals surface area contributed by atoms with Crippen LogP contribution in [0.5, 0.6) is 0 Å². The molecule has 0 radical (unpaired) electrons. The van der Waals surface area contributed by atoms with E-state index in [4.69, 9.17) is 10.2 Å². The quantitative estimate of drug-likeness (QED) is 0.458. The lowest BCUT2D eigenvalue weighted by molar-refractivity contribution is 0.0686. The molecule has 3 rings (SSSR count). The second-order valence-electron chi connectivity index (χ2n) is 5.66. The van der Waals surface area contributed by atoms with Gasteiger partial charge >= 0.3 is 11.9 Å². The summed E-state index contributed by atoms with van der Waals surface area (Å²) < 4.78 is 0. The average Bonchev–Trinajstić information content (AvgIpc) is 2.69. The Morgan fingerprint density at radius 3 is 1.41 bits per heavy atom. The highest BCUT2D eigenvalue weighted by atomic mass is 31.1. The van der Waals surface area contributed by atoms with Gasteiger partial charge in [0.15, 0.2) is 0 Å². The Bertz CT molecular complexity index is 869. The fourth-order valence-corrected chi connectivity index (χ4v) is 3.97. The van der Waals surface area contributed by atoms with Crippen molar-refractivity contribution >= 4 is 36.8 Å². The van der Waals surface area contributed by atoms with Gasteiger partial charge in [-0.15, -0.1) is 0 Å². The molecule has 3 aromatic rings. The van der Waals surface area contributed by atoms with E-state index in [0.29, 0.717) is 0 Å². The second kappa shape index (κ2) is 8.34. The van der Waals surface area contributed by atoms with E-state index < -0.39 is 20.2 Å². The molecule has 0 bridgehead atoms. The molecular weight excluding hydrogens is 363 g/mol. The van der Waals surface area contributed by atoms with Gasteiger partial charge in [0.2, 0.25) is 0 Å². The maximum Gasteiger partial charge on any atom is 0.335 e. The molecule has 0 aliphatic heterocycles. The summed E-state index contributed by atoms with van der Waals surface area (Å²) in [7, 11) is -1.05. The van der Waals surface area contributed by atoms with E-state index in [1.807, 2.05) is 30.3 Å². The van der Waals surface area contributed by atoms with Crippen LogP contribution in [0.2, 0.25) is 0 Å². The van der Waals surface area contributed by atoms with Gasteiger partial charge in [0.1, 0.15) is 8.22 Å². The van der Waals surface area contributed by atoms with Crippen LogP contribution in [0.15, 0.2) is 78.9 Å². The third-order valence-corrected chi connectivity index (χ3v) is 5.54. The zero-order valence-corrected chi connectivity index (χ0v) is 15.1. The summed E-state index contributed by atoms with van der Waals surface area (Å²) in [6, 6.07) is 22.9. The Morgan fingerprint density at radius 1 is 0.630 bits per heavy atom. The van der Waals surface area contributed by atoms with Gasteiger partial charge in [-0.2, -0.15) is 0 Å². The van der Waals surface area contributed by atoms with E-state index in [2.05, 4.69) is 10.2 Å². The van der Waals surface area contributed by atoms with E-state index in [9.17, 15) is 9.59 Å². The monoisotopic (exact) mass is 380 g/mol. The summed E-state index contributed by atoms with van der Waals surface area (Å²) in [5, 5.41) is 25.9. The Labute approximate surface area is 157 Å². The summed E-state index contributed by atoms with van der Waals surface area (Å²) >= 11 is 0. The van der Waals surface area contributed by atoms with Gasteiger partial charge in [-0.3, -0.25) is 0 Å². The molecule has 0 saturated carbocycles. The molecule has 6 nitrogen and oxygen atoms in total. The molecule has 7 heteroatoms. The first-order valence-corrected chi connectivity index (χ1v) is 9.42. The summed E-state index contributed by atoms with van der Waals surface area (Å²) in [6.07, 6.45) is 0. The number of carbonyl (C=O) groups is 2. The number of carboxylic acids is 2. The molecule has 0 spiro atoms. The zero-order valence-electron chi connectivity index (χ0n) is 14.2. The smallest absolute Gasteiger partial charge is 0.335 e. The highest BCUT2D eigenvalue weighted by molar-refractivity contribution is 7.68. The zero-order chi connectivity index (χ0) is 19.2. The highest BCUT2D eigenvalue weighted by Crippen LogP contribution is 2.36. The number of benzene rings is 3. The minimum Gasteiger partial charge on any atom is -0.478 e. The lowest BCUT2D eigenvalue weighted by atomic mass is 10.2. The summed E-state index contributed by atoms with van der Waals surface area (Å²) in [4.78, 5) is 22.0. The molecule has 136 valence electrons. The molecule has 0 atom stereocenters. The minimum atomic E-state index is -1.05. The van der Waals surface area contributed by atoms with Crippen molar-refractivity contribution in [2.45, 2.75) is 0 Å². The fourth-order valence-electron chi connectivity index (χ4n) is 2.37. The third kappa shape index (κ3) is 4.84. The molecule has 4 N–H and O–H groups in total. The van der Waals surface area contributed by atoms with Gasteiger partial charge in [0.25, 0.3) is 0 Å². The van der Waals surface area contributed by atoms with Crippen LogP contribution in [0.25, 0.3) is 0 Å². The first-order valence-electron chi connectivity index (χ1n) is 8.08. The fraction of sp³-hybridized carbons (Fsp3) is 0. The van der Waals surface area contributed by atoms with Crippen molar-refractivity contribution in [2.75, 3.05) is 10.2 Å². The molecule has 3 aromatic carbocycles. The minimum absolute atomic E-state index is 0.224. The first-order chi connectivity index (χ1) is 13.0. The summed E-state index contributed by atoms with van der Waals surface area (Å²) in [5.41, 5.74) is 2.01. The molecule has 0 unspecified atom stereocenters. The van der Waals surface area contributed by atoms with Crippen molar-refractivity contribution in [3.8, 4) is 0 Å². The van der Waals surface area contributed by atoms with Crippen molar-refractivity contribution in [3.63, 3.8) is 0 Å². The lowest BCUT2D eigenvalue weighted by Gasteiger charge is -2.22. The Hall–Kier alpha value is -3.37. The van der Waals surface area contributed by atoms with Crippen molar-refractivity contribution in [1.82, 2.24) is 0 Å². The molecule has 0 fully saturated rings. The van der Waals surface area contributed by atoms with E-state index in [0.717, 1.165) is 16.7 Å². The number of nitrogens with one attached hydrogen (secondary N) is 2. The van der Waals surface area contributed by atoms with Gasteiger partial charge in [0, 0.05) is 16.7 Å². The van der Waals surface area contributed by atoms with Crippen LogP contribution in [0.1, 0.15) is 20.7 Å². The predicted molar refractivity (Wildman–Crippen MR) is 107 cm³/mol. The van der Waals surface area contributed by atoms with E-state index in [-0.39, 0.29) is 11.1 Å². The lowest BCUT2D eigenvalue weighted by Crippen LogP contribution is -2.13. The number of carboxylic acid groups (broad SMARTS) is 2. The van der Waals surface area contributed by atoms with Crippen molar-refractivity contribution in [1.29, 1.82) is 0 Å². The van der Waals surface area contributed by atoms with E-state index >= 15 is 0 Å². The average molecular weight is 380 g/mol. The number of anilines is 2. The van der Waals surface area contributed by atoms with Gasteiger partial charge < -0.3 is 20.4 Å². The first kappa shape index (κ1) is 18.4. The van der Waals surface area contributed by atoms with Gasteiger partial charge in [-0.05, 0) is 48.5 Å². The van der Waals surface area contributed by atoms with Crippen molar-refractivity contribution in [2.24, 2.45) is 0 Å². The SMILES string of the molecule is O=C(O)c1ccc(NP(Nc2ccc(C(=O)O)cc2)c2ccccc2)cc1. The molecule has 0 heterocycles. The maximum atomic E-state index is 11.0. The molecule has 0 saturated heterocycles. The van der Waals surface area contributed by atoms with Crippen LogP contribution in [-0.2, 0) is 0 Å². The van der Waals surface area contributed by atoms with Crippen LogP contribution in [0.4, 0.5) is 11.4 Å². The maximum absolute atomic E-state index is 11.0. The number of hydrogen-bond acceptors (Lipinski definition) is 4. The predicted octanol–water partition coefficient (Wildman–Crippen LogP) is 4.24. The molecule has 0 aliphatic rings. The third-order valence-electron chi connectivity index (χ3n) is 3.76. The van der Waals surface area contributed by atoms with Crippen LogP contribution < -0.4 is 15.5 Å². The largest absolute Gasteiger partial charge is 0.478 e. The van der Waals surface area contributed by atoms with E-state index in [1.165, 1.54) is 0 Å². The van der Waals surface area contributed by atoms with Gasteiger partial charge in [0.05, 0.1) is 11.1 Å². The standard InChI is InChI=1S/C20H17N2O4P/c23-19(24)14-6-10-16(11-7-14)21-27(18-4-2-1-3-5-18)22-17-12-8-15(9-13-17)20(25)26/h1-13,21-22H,(H,23,24)(H,25,26). The Morgan fingerprint density at radius 2 is 1.04 bits per heavy atom. The van der Waals surface area contributed by atoms with Gasteiger partial charge in [-0.25, -0.2) is 9.59 Å². The van der Waals surface area contributed by atoms with Crippen LogP contribution in [0, 0.1) is 0 Å². The van der Waals surface area contributed by atoms with Gasteiger partial charge in [-0.1, -0.05) is 30.3 Å². The Balaban J connectivity index is 1.83. The molecule has 0 amide bonds. The molecule has 27 heavy (non-hydrogen) atoms. The van der Waals surface area contributed by atoms with Crippen molar-refractivity contribution in [3.05, 3.63) is 90.0 Å². The highest BCUT2D eigenvalue weighted by Gasteiger charge is 2.13. The summed E-state index contributed by atoms with van der Waals surface area (Å²) in [5.74, 6) is -1.94. The number of hydrogen-bond donors (Lipinski definition) is 4. The molecule has 0 aromatic heterocycles. The Kier molecular flexibility index (Phi) is 5.69. The number of rotatable bonds is 7. The van der Waals surface area contributed by atoms with Crippen molar-refractivity contribution < 1.29 is 19.8 Å². The second-order valence-corrected chi connectivity index (χ2v) is 7.29. The van der Waals surface area contributed by atoms with E-state index in [1.54, 1.807) is 48.5 Å². The summed E-state index contributed by atoms with van der Waals surface area (Å²) in [6.45, 7) is 0. The topological polar surface area (TPSA) is 98.7 Å². The normalized spacial score (nSPS) is 10.4. The van der Waals surface area contributed by atoms with Crippen LogP contribution >= 0.6 is 8.22 Å². The van der Waals surface area contributed by atoms with Crippen LogP contribution in [-0.4, -0.2) is 22.2 Å².